The predicted octanol–water partition coefficient (Wildman–Crippen LogP) is 5.55. The van der Waals surface area contributed by atoms with E-state index in [0.717, 1.165) is 27.7 Å². The van der Waals surface area contributed by atoms with Gasteiger partial charge in [0, 0.05) is 29.1 Å². The molecule has 0 aliphatic carbocycles. The summed E-state index contributed by atoms with van der Waals surface area (Å²) in [5, 5.41) is 19.9. The van der Waals surface area contributed by atoms with Crippen molar-refractivity contribution >= 4 is 16.8 Å². The largest absolute Gasteiger partial charge is 0.507 e. The Hall–Kier alpha value is -3.67. The molecule has 0 saturated carbocycles. The van der Waals surface area contributed by atoms with Gasteiger partial charge in [-0.3, -0.25) is 15.2 Å². The van der Waals surface area contributed by atoms with E-state index in [0.29, 0.717) is 12.1 Å². The quantitative estimate of drug-likeness (QED) is 0.375. The van der Waals surface area contributed by atoms with E-state index in [-0.39, 0.29) is 34.5 Å². The Bertz CT molecular complexity index is 1410. The number of benzene rings is 2. The lowest BCUT2D eigenvalue weighted by Gasteiger charge is -2.28. The van der Waals surface area contributed by atoms with Crippen LogP contribution in [0.4, 0.5) is 0 Å². The van der Waals surface area contributed by atoms with Crippen molar-refractivity contribution in [3.63, 3.8) is 0 Å². The number of phenols is 1. The lowest BCUT2D eigenvalue weighted by atomic mass is 9.78. The fraction of sp³-hybridized carbons (Fsp3) is 0.345. The maximum atomic E-state index is 13.6. The molecule has 0 fully saturated rings. The summed E-state index contributed by atoms with van der Waals surface area (Å²) in [6.07, 6.45) is 3.49. The molecule has 0 spiro atoms. The van der Waals surface area contributed by atoms with Crippen molar-refractivity contribution in [3.05, 3.63) is 88.8 Å². The number of aromatic nitrogens is 3. The van der Waals surface area contributed by atoms with Crippen LogP contribution in [-0.4, -0.2) is 25.0 Å². The summed E-state index contributed by atoms with van der Waals surface area (Å²) in [7, 11) is 0. The van der Waals surface area contributed by atoms with Crippen LogP contribution in [0.3, 0.4) is 0 Å². The van der Waals surface area contributed by atoms with Gasteiger partial charge in [0.05, 0.1) is 24.1 Å². The average Bonchev–Trinajstić information content (AvgIpc) is 3.04. The molecule has 2 heterocycles. The van der Waals surface area contributed by atoms with Crippen LogP contribution >= 0.6 is 0 Å². The van der Waals surface area contributed by atoms with Gasteiger partial charge in [-0.15, -0.1) is 0 Å². The van der Waals surface area contributed by atoms with Gasteiger partial charge in [-0.2, -0.15) is 0 Å². The highest BCUT2D eigenvalue weighted by Crippen LogP contribution is 2.40. The molecule has 6 heteroatoms. The number of aromatic hydroxyl groups is 1. The number of ketones is 1. The van der Waals surface area contributed by atoms with Gasteiger partial charge < -0.3 is 14.2 Å². The third kappa shape index (κ3) is 4.78. The van der Waals surface area contributed by atoms with Gasteiger partial charge in [0.1, 0.15) is 5.75 Å². The highest BCUT2D eigenvalue weighted by Gasteiger charge is 2.28. The zero-order valence-electron chi connectivity index (χ0n) is 21.4. The minimum absolute atomic E-state index is 0.0423. The van der Waals surface area contributed by atoms with Crippen molar-refractivity contribution < 1.29 is 9.90 Å². The second kappa shape index (κ2) is 8.84. The number of carbonyl (C=O) groups excluding carboxylic acids is 1. The molecule has 0 aliphatic heterocycles. The SMILES string of the molecule is CC(C)(C)c1cc(C(=O)Cn2c(=N)n(Cc3ccncc3)c3ccccc32)cc(C(C)(C)C)c1O. The van der Waals surface area contributed by atoms with Crippen LogP contribution in [0.1, 0.15) is 68.6 Å². The number of fused-ring (bicyclic) bond motifs is 1. The Morgan fingerprint density at radius 3 is 1.91 bits per heavy atom. The topological polar surface area (TPSA) is 83.9 Å². The van der Waals surface area contributed by atoms with Crippen molar-refractivity contribution in [2.75, 3.05) is 0 Å². The number of nitrogens with one attached hydrogen (secondary N) is 1. The summed E-state index contributed by atoms with van der Waals surface area (Å²) in [5.41, 5.74) is 4.45. The van der Waals surface area contributed by atoms with E-state index in [2.05, 4.69) is 4.98 Å². The Kier molecular flexibility index (Phi) is 6.18. The molecule has 4 rings (SSSR count). The molecule has 0 atom stereocenters. The number of carbonyl (C=O) groups is 1. The number of imidazole rings is 1. The maximum Gasteiger partial charge on any atom is 0.203 e. The third-order valence-corrected chi connectivity index (χ3v) is 6.41. The molecule has 0 unspecified atom stereocenters. The number of hydrogen-bond donors (Lipinski definition) is 2. The first-order chi connectivity index (χ1) is 16.4. The monoisotopic (exact) mass is 470 g/mol. The first-order valence-corrected chi connectivity index (χ1v) is 11.9. The van der Waals surface area contributed by atoms with Crippen LogP contribution < -0.4 is 5.62 Å². The lowest BCUT2D eigenvalue weighted by Crippen LogP contribution is -2.28. The Morgan fingerprint density at radius 1 is 0.886 bits per heavy atom. The van der Waals surface area contributed by atoms with E-state index in [1.54, 1.807) is 17.0 Å². The first kappa shape index (κ1) is 24.5. The zero-order chi connectivity index (χ0) is 25.5. The molecule has 35 heavy (non-hydrogen) atoms. The van der Waals surface area contributed by atoms with Gasteiger partial charge >= 0.3 is 0 Å². The predicted molar refractivity (Wildman–Crippen MR) is 139 cm³/mol. The van der Waals surface area contributed by atoms with Crippen LogP contribution in [0.5, 0.6) is 5.75 Å². The number of phenolic OH excluding ortho intramolecular Hbond substituents is 1. The molecule has 4 aromatic rings. The van der Waals surface area contributed by atoms with E-state index < -0.39 is 0 Å². The van der Waals surface area contributed by atoms with Crippen molar-refractivity contribution in [1.29, 1.82) is 5.41 Å². The van der Waals surface area contributed by atoms with Gasteiger partial charge in [0.25, 0.3) is 0 Å². The number of rotatable bonds is 5. The van der Waals surface area contributed by atoms with E-state index >= 15 is 0 Å². The Labute approximate surface area is 206 Å². The number of para-hydroxylation sites is 2. The van der Waals surface area contributed by atoms with Gasteiger partial charge in [0.2, 0.25) is 5.62 Å². The van der Waals surface area contributed by atoms with Crippen molar-refractivity contribution in [1.82, 2.24) is 14.1 Å². The molecule has 0 amide bonds. The normalized spacial score (nSPS) is 12.3. The molecular formula is C29H34N4O2. The lowest BCUT2D eigenvalue weighted by molar-refractivity contribution is 0.0971. The highest BCUT2D eigenvalue weighted by atomic mass is 16.3. The number of pyridine rings is 1. The van der Waals surface area contributed by atoms with Crippen LogP contribution in [0, 0.1) is 5.41 Å². The Balaban J connectivity index is 1.80. The van der Waals surface area contributed by atoms with Crippen LogP contribution in [0.15, 0.2) is 60.9 Å². The molecule has 2 aromatic carbocycles. The maximum absolute atomic E-state index is 13.6. The molecule has 2 N–H and O–H groups in total. The zero-order valence-corrected chi connectivity index (χ0v) is 21.4. The summed E-state index contributed by atoms with van der Waals surface area (Å²) in [6.45, 7) is 12.8. The molecule has 0 radical (unpaired) electrons. The van der Waals surface area contributed by atoms with Gasteiger partial charge in [0.15, 0.2) is 5.78 Å². The smallest absolute Gasteiger partial charge is 0.203 e. The highest BCUT2D eigenvalue weighted by molar-refractivity contribution is 5.97. The van der Waals surface area contributed by atoms with Crippen molar-refractivity contribution in [2.24, 2.45) is 0 Å². The first-order valence-electron chi connectivity index (χ1n) is 11.9. The van der Waals surface area contributed by atoms with Gasteiger partial charge in [-0.25, -0.2) is 0 Å². The molecular weight excluding hydrogens is 436 g/mol. The molecule has 0 saturated heterocycles. The molecule has 0 aliphatic rings. The van der Waals surface area contributed by atoms with E-state index in [4.69, 9.17) is 5.41 Å². The molecule has 182 valence electrons. The summed E-state index contributed by atoms with van der Waals surface area (Å²) in [5.74, 6) is 0.163. The van der Waals surface area contributed by atoms with Crippen molar-refractivity contribution in [3.8, 4) is 5.75 Å². The fourth-order valence-corrected chi connectivity index (χ4v) is 4.46. The van der Waals surface area contributed by atoms with E-state index in [1.165, 1.54) is 0 Å². The van der Waals surface area contributed by atoms with Gasteiger partial charge in [-0.05, 0) is 52.8 Å². The number of nitrogens with zero attached hydrogens (tertiary/aromatic N) is 3. The van der Waals surface area contributed by atoms with Crippen molar-refractivity contribution in [2.45, 2.75) is 65.5 Å². The summed E-state index contributed by atoms with van der Waals surface area (Å²) in [4.78, 5) is 17.7. The van der Waals surface area contributed by atoms with Crippen LogP contribution in [0.25, 0.3) is 11.0 Å². The van der Waals surface area contributed by atoms with E-state index in [9.17, 15) is 9.90 Å². The second-order valence-electron chi connectivity index (χ2n) is 11.2. The third-order valence-electron chi connectivity index (χ3n) is 6.41. The summed E-state index contributed by atoms with van der Waals surface area (Å²) >= 11 is 0. The van der Waals surface area contributed by atoms with Crippen LogP contribution in [-0.2, 0) is 23.9 Å². The molecule has 0 bridgehead atoms. The summed E-state index contributed by atoms with van der Waals surface area (Å²) in [6, 6.07) is 15.3. The van der Waals surface area contributed by atoms with Gasteiger partial charge in [-0.1, -0.05) is 53.7 Å². The fourth-order valence-electron chi connectivity index (χ4n) is 4.46. The summed E-state index contributed by atoms with van der Waals surface area (Å²) < 4.78 is 3.68. The molecule has 6 nitrogen and oxygen atoms in total. The molecule has 2 aromatic heterocycles. The average molecular weight is 471 g/mol. The standard InChI is InChI=1S/C29H34N4O2/c1-28(2,3)21-15-20(16-22(26(21)35)29(4,5)6)25(34)18-33-24-10-8-7-9-23(24)32(27(33)30)17-19-11-13-31-14-12-19/h7-16,30,35H,17-18H2,1-6H3. The Morgan fingerprint density at radius 2 is 1.40 bits per heavy atom. The minimum atomic E-state index is -0.325. The van der Waals surface area contributed by atoms with Crippen LogP contribution in [0.2, 0.25) is 0 Å². The second-order valence-corrected chi connectivity index (χ2v) is 11.2. The number of Topliss-reactive ketones (excluding diaryl/α,β-unsaturated/α-hetero) is 1. The number of hydrogen-bond acceptors (Lipinski definition) is 4. The minimum Gasteiger partial charge on any atom is -0.507 e. The van der Waals surface area contributed by atoms with E-state index in [1.807, 2.05) is 94.6 Å².